The second-order valence-electron chi connectivity index (χ2n) is 6.76. The van der Waals surface area contributed by atoms with E-state index in [0.717, 1.165) is 31.5 Å². The quantitative estimate of drug-likeness (QED) is 0.907. The second kappa shape index (κ2) is 7.63. The molecule has 0 spiro atoms. The van der Waals surface area contributed by atoms with Crippen molar-refractivity contribution in [1.82, 2.24) is 10.2 Å². The molecule has 126 valence electrons. The Morgan fingerprint density at radius 1 is 1.17 bits per heavy atom. The van der Waals surface area contributed by atoms with Crippen LogP contribution in [0.4, 0.5) is 0 Å². The monoisotopic (exact) mass is 322 g/mol. The number of hydrogen-bond acceptors (Lipinski definition) is 2. The van der Waals surface area contributed by atoms with Crippen molar-refractivity contribution in [2.24, 2.45) is 0 Å². The van der Waals surface area contributed by atoms with Crippen molar-refractivity contribution < 1.29 is 4.79 Å². The fourth-order valence-corrected chi connectivity index (χ4v) is 3.38. The van der Waals surface area contributed by atoms with Crippen molar-refractivity contribution in [2.75, 3.05) is 6.54 Å². The maximum atomic E-state index is 12.7. The molecule has 2 aromatic rings. The van der Waals surface area contributed by atoms with Crippen molar-refractivity contribution in [1.29, 1.82) is 0 Å². The molecule has 1 saturated heterocycles. The summed E-state index contributed by atoms with van der Waals surface area (Å²) >= 11 is 0. The lowest BCUT2D eigenvalue weighted by atomic mass is 10.1. The molecule has 2 unspecified atom stereocenters. The number of carbonyl (C=O) groups is 1. The highest BCUT2D eigenvalue weighted by molar-refractivity contribution is 5.82. The Morgan fingerprint density at radius 3 is 2.58 bits per heavy atom. The fraction of sp³-hybridized carbons (Fsp3) is 0.381. The predicted octanol–water partition coefficient (Wildman–Crippen LogP) is 3.84. The van der Waals surface area contributed by atoms with E-state index in [1.165, 1.54) is 11.1 Å². The first kappa shape index (κ1) is 16.7. The Hall–Kier alpha value is -2.13. The van der Waals surface area contributed by atoms with Crippen LogP contribution in [0.15, 0.2) is 54.6 Å². The van der Waals surface area contributed by atoms with Crippen molar-refractivity contribution in [3.8, 4) is 0 Å². The van der Waals surface area contributed by atoms with Gasteiger partial charge in [-0.25, -0.2) is 0 Å². The Morgan fingerprint density at radius 2 is 1.88 bits per heavy atom. The third-order valence-electron chi connectivity index (χ3n) is 4.83. The first-order valence-corrected chi connectivity index (χ1v) is 8.78. The van der Waals surface area contributed by atoms with Crippen LogP contribution >= 0.6 is 0 Å². The smallest absolute Gasteiger partial charge is 0.237 e. The van der Waals surface area contributed by atoms with Gasteiger partial charge in [-0.05, 0) is 44.4 Å². The summed E-state index contributed by atoms with van der Waals surface area (Å²) in [7, 11) is 0. The zero-order valence-corrected chi connectivity index (χ0v) is 14.5. The van der Waals surface area contributed by atoms with E-state index in [2.05, 4.69) is 72.6 Å². The number of benzene rings is 2. The van der Waals surface area contributed by atoms with Gasteiger partial charge in [-0.15, -0.1) is 0 Å². The maximum absolute atomic E-state index is 12.7. The Kier molecular flexibility index (Phi) is 5.31. The summed E-state index contributed by atoms with van der Waals surface area (Å²) in [6.45, 7) is 5.97. The van der Waals surface area contributed by atoms with Crippen LogP contribution in [0.2, 0.25) is 0 Å². The third kappa shape index (κ3) is 4.04. The molecule has 3 heteroatoms. The molecule has 2 atom stereocenters. The van der Waals surface area contributed by atoms with Gasteiger partial charge in [-0.1, -0.05) is 60.2 Å². The van der Waals surface area contributed by atoms with E-state index in [4.69, 9.17) is 0 Å². The maximum Gasteiger partial charge on any atom is 0.237 e. The van der Waals surface area contributed by atoms with Crippen molar-refractivity contribution >= 4 is 5.91 Å². The molecule has 3 rings (SSSR count). The first-order chi connectivity index (χ1) is 11.6. The minimum Gasteiger partial charge on any atom is -0.348 e. The topological polar surface area (TPSA) is 32.3 Å². The highest BCUT2D eigenvalue weighted by atomic mass is 16.2. The normalized spacial score (nSPS) is 19.2. The summed E-state index contributed by atoms with van der Waals surface area (Å²) in [6.07, 6.45) is 2.03. The molecule has 0 aliphatic carbocycles. The van der Waals surface area contributed by atoms with E-state index in [9.17, 15) is 4.79 Å². The van der Waals surface area contributed by atoms with Crippen LogP contribution in [0.5, 0.6) is 0 Å². The van der Waals surface area contributed by atoms with Gasteiger partial charge in [0.25, 0.3) is 0 Å². The van der Waals surface area contributed by atoms with Crippen LogP contribution in [0.1, 0.15) is 42.5 Å². The van der Waals surface area contributed by atoms with Crippen LogP contribution in [-0.4, -0.2) is 23.4 Å². The number of hydrogen-bond donors (Lipinski definition) is 1. The number of likely N-dealkylation sites (tertiary alicyclic amines) is 1. The molecule has 1 N–H and O–H groups in total. The summed E-state index contributed by atoms with van der Waals surface area (Å²) in [5, 5.41) is 3.19. The third-order valence-corrected chi connectivity index (χ3v) is 4.83. The highest BCUT2D eigenvalue weighted by Crippen LogP contribution is 2.22. The number of carbonyl (C=O) groups excluding carboxylic acids is 1. The molecule has 0 saturated carbocycles. The lowest BCUT2D eigenvalue weighted by Crippen LogP contribution is -2.43. The van der Waals surface area contributed by atoms with Gasteiger partial charge in [0.2, 0.25) is 5.91 Å². The summed E-state index contributed by atoms with van der Waals surface area (Å²) in [5.41, 5.74) is 3.66. The minimum atomic E-state index is -0.0156. The predicted molar refractivity (Wildman–Crippen MR) is 97.6 cm³/mol. The summed E-state index contributed by atoms with van der Waals surface area (Å²) in [4.78, 5) is 15.0. The standard InChI is InChI=1S/C21H26N2O/c1-16-10-12-19(13-11-16)17(2)22-21(24)20-9-6-14-23(20)15-18-7-4-3-5-8-18/h3-5,7-8,10-13,17,20H,6,9,14-15H2,1-2H3,(H,22,24). The molecular weight excluding hydrogens is 296 g/mol. The molecule has 0 bridgehead atoms. The van der Waals surface area contributed by atoms with Gasteiger partial charge in [-0.3, -0.25) is 9.69 Å². The average Bonchev–Trinajstić information content (AvgIpc) is 3.04. The lowest BCUT2D eigenvalue weighted by Gasteiger charge is -2.25. The second-order valence-corrected chi connectivity index (χ2v) is 6.76. The van der Waals surface area contributed by atoms with E-state index >= 15 is 0 Å². The van der Waals surface area contributed by atoms with Gasteiger partial charge in [0, 0.05) is 6.54 Å². The Bertz CT molecular complexity index is 666. The van der Waals surface area contributed by atoms with Crippen LogP contribution in [-0.2, 0) is 11.3 Å². The van der Waals surface area contributed by atoms with Crippen LogP contribution in [0.25, 0.3) is 0 Å². The van der Waals surface area contributed by atoms with E-state index < -0.39 is 0 Å². The molecule has 1 fully saturated rings. The van der Waals surface area contributed by atoms with Gasteiger partial charge < -0.3 is 5.32 Å². The SMILES string of the molecule is Cc1ccc(C(C)NC(=O)C2CCCN2Cc2ccccc2)cc1. The molecule has 0 aromatic heterocycles. The molecule has 0 radical (unpaired) electrons. The summed E-state index contributed by atoms with van der Waals surface area (Å²) in [6, 6.07) is 18.8. The molecule has 2 aromatic carbocycles. The molecule has 1 amide bonds. The molecule has 1 aliphatic heterocycles. The Labute approximate surface area is 144 Å². The van der Waals surface area contributed by atoms with Crippen molar-refractivity contribution in [2.45, 2.75) is 45.3 Å². The zero-order valence-electron chi connectivity index (χ0n) is 14.5. The number of rotatable bonds is 5. The van der Waals surface area contributed by atoms with Crippen LogP contribution in [0.3, 0.4) is 0 Å². The molecule has 3 nitrogen and oxygen atoms in total. The van der Waals surface area contributed by atoms with Gasteiger partial charge in [-0.2, -0.15) is 0 Å². The highest BCUT2D eigenvalue weighted by Gasteiger charge is 2.31. The van der Waals surface area contributed by atoms with Gasteiger partial charge in [0.05, 0.1) is 12.1 Å². The minimum absolute atomic E-state index is 0.0156. The van der Waals surface area contributed by atoms with Crippen molar-refractivity contribution in [3.63, 3.8) is 0 Å². The molecule has 1 aliphatic rings. The Balaban J connectivity index is 1.62. The van der Waals surface area contributed by atoms with Gasteiger partial charge >= 0.3 is 0 Å². The largest absolute Gasteiger partial charge is 0.348 e. The number of nitrogens with zero attached hydrogens (tertiary/aromatic N) is 1. The fourth-order valence-electron chi connectivity index (χ4n) is 3.38. The number of amides is 1. The van der Waals surface area contributed by atoms with E-state index in [0.29, 0.717) is 0 Å². The van der Waals surface area contributed by atoms with Crippen LogP contribution < -0.4 is 5.32 Å². The first-order valence-electron chi connectivity index (χ1n) is 8.78. The van der Waals surface area contributed by atoms with E-state index in [1.807, 2.05) is 6.07 Å². The van der Waals surface area contributed by atoms with E-state index in [-0.39, 0.29) is 18.0 Å². The molecule has 24 heavy (non-hydrogen) atoms. The summed E-state index contributed by atoms with van der Waals surface area (Å²) in [5.74, 6) is 0.150. The number of aryl methyl sites for hydroxylation is 1. The average molecular weight is 322 g/mol. The summed E-state index contributed by atoms with van der Waals surface area (Å²) < 4.78 is 0. The molecule has 1 heterocycles. The van der Waals surface area contributed by atoms with E-state index in [1.54, 1.807) is 0 Å². The van der Waals surface area contributed by atoms with Crippen molar-refractivity contribution in [3.05, 3.63) is 71.3 Å². The molecular formula is C21H26N2O. The van der Waals surface area contributed by atoms with Crippen LogP contribution in [0, 0.1) is 6.92 Å². The van der Waals surface area contributed by atoms with Gasteiger partial charge in [0.1, 0.15) is 0 Å². The lowest BCUT2D eigenvalue weighted by molar-refractivity contribution is -0.126. The zero-order chi connectivity index (χ0) is 16.9. The van der Waals surface area contributed by atoms with Gasteiger partial charge in [0.15, 0.2) is 0 Å². The number of nitrogens with one attached hydrogen (secondary N) is 1.